The zero-order chi connectivity index (χ0) is 29.9. The van der Waals surface area contributed by atoms with Crippen molar-refractivity contribution in [2.24, 2.45) is 0 Å². The van der Waals surface area contributed by atoms with E-state index >= 15 is 0 Å². The number of hydrogen-bond donors (Lipinski definition) is 0. The molecule has 0 aliphatic heterocycles. The smallest absolute Gasteiger partial charge is 0.0175 e. The number of hydrogen-bond acceptors (Lipinski definition) is 0. The van der Waals surface area contributed by atoms with Crippen LogP contribution < -0.4 is 0 Å². The normalized spacial score (nSPS) is 10.7. The van der Waals surface area contributed by atoms with Crippen LogP contribution in [0.1, 0.15) is 0 Å². The number of halogens is 2. The molecule has 3 heteroatoms. The van der Waals surface area contributed by atoms with Crippen LogP contribution >= 0.6 is 41.8 Å². The molecule has 1 atom stereocenters. The quantitative estimate of drug-likeness (QED) is 0.150. The van der Waals surface area contributed by atoms with E-state index in [1.165, 1.54) is 66.8 Å². The van der Waals surface area contributed by atoms with Gasteiger partial charge in [-0.05, 0) is 91.0 Å². The third-order valence-electron chi connectivity index (χ3n) is 8.02. The van der Waals surface area contributed by atoms with Crippen molar-refractivity contribution in [2.75, 3.05) is 0 Å². The Kier molecular flexibility index (Phi) is 9.57. The molecule has 7 aromatic carbocycles. The highest BCUT2D eigenvalue weighted by atomic mass is 79.9. The maximum absolute atomic E-state index is 3.69. The summed E-state index contributed by atoms with van der Waals surface area (Å²) in [5.41, 5.74) is 14.4. The van der Waals surface area contributed by atoms with Gasteiger partial charge in [-0.3, -0.25) is 0 Å². The van der Waals surface area contributed by atoms with Gasteiger partial charge in [0.1, 0.15) is 0 Å². The van der Waals surface area contributed by atoms with Crippen LogP contribution in [0.4, 0.5) is 0 Å². The van der Waals surface area contributed by atoms with Gasteiger partial charge >= 0.3 is 0 Å². The first-order valence-electron chi connectivity index (χ1n) is 14.7. The van der Waals surface area contributed by atoms with Crippen molar-refractivity contribution in [2.45, 2.75) is 0 Å². The number of benzene rings is 7. The fraction of sp³-hybridized carbons (Fsp3) is 0. The Morgan fingerprint density at radius 1 is 0.222 bits per heavy atom. The molecule has 0 heterocycles. The first-order valence-corrected chi connectivity index (χ1v) is 16.2. The molecule has 0 aromatic heterocycles. The van der Waals surface area contributed by atoms with E-state index in [4.69, 9.17) is 0 Å². The minimum Gasteiger partial charge on any atom is -0.153 e. The van der Waals surface area contributed by atoms with E-state index in [-0.39, 0.29) is 9.90 Å². The van der Waals surface area contributed by atoms with Crippen molar-refractivity contribution in [3.8, 4) is 66.8 Å². The van der Waals surface area contributed by atoms with Gasteiger partial charge in [0.15, 0.2) is 0 Å². The summed E-state index contributed by atoms with van der Waals surface area (Å²) in [6.45, 7) is 0. The molecular formula is C42H31Br2P. The molecule has 7 rings (SSSR count). The minimum absolute atomic E-state index is 0. The van der Waals surface area contributed by atoms with Gasteiger partial charge in [-0.2, -0.15) is 9.90 Å². The van der Waals surface area contributed by atoms with E-state index in [1.807, 2.05) is 0 Å². The van der Waals surface area contributed by atoms with E-state index in [9.17, 15) is 0 Å². The Morgan fingerprint density at radius 3 is 0.600 bits per heavy atom. The lowest BCUT2D eigenvalue weighted by Crippen LogP contribution is -2.02. The van der Waals surface area contributed by atoms with Crippen molar-refractivity contribution in [3.63, 3.8) is 0 Å². The summed E-state index contributed by atoms with van der Waals surface area (Å²) in [5.74, 6) is 0. The Hall–Kier alpha value is -4.07. The average molecular weight is 726 g/mol. The topological polar surface area (TPSA) is 0 Å². The van der Waals surface area contributed by atoms with Crippen molar-refractivity contribution >= 4 is 41.8 Å². The molecule has 0 radical (unpaired) electrons. The van der Waals surface area contributed by atoms with Crippen LogP contribution in [0, 0.1) is 0 Å². The lowest BCUT2D eigenvalue weighted by Gasteiger charge is -2.28. The highest BCUT2D eigenvalue weighted by Gasteiger charge is 2.28. The fourth-order valence-corrected chi connectivity index (χ4v) is 6.66. The van der Waals surface area contributed by atoms with Crippen molar-refractivity contribution < 1.29 is 0 Å². The molecule has 0 nitrogen and oxygen atoms in total. The third kappa shape index (κ3) is 6.24. The van der Waals surface area contributed by atoms with Crippen LogP contribution in [-0.2, 0) is 0 Å². The molecule has 218 valence electrons. The van der Waals surface area contributed by atoms with Gasteiger partial charge in [0.2, 0.25) is 0 Å². The van der Waals surface area contributed by atoms with Crippen LogP contribution in [0.3, 0.4) is 0 Å². The van der Waals surface area contributed by atoms with Gasteiger partial charge in [0.05, 0.1) is 0 Å². The lowest BCUT2D eigenvalue weighted by molar-refractivity contribution is 1.51. The standard InChI is InChI=1S/C42H28Br2.H3P/c43-35-25-21-33(22-26-35)41-37(29-13-5-1-6-14-29)38(30-15-7-2-8-16-30)42(34-23-27-36(44)28-24-34)40(32-19-11-4-12-20-32)39(41)31-17-9-3-10-18-31;/h1-28H;1H3. The lowest BCUT2D eigenvalue weighted by atomic mass is 9.74. The van der Waals surface area contributed by atoms with Gasteiger partial charge in [0.25, 0.3) is 0 Å². The molecule has 7 aromatic rings. The monoisotopic (exact) mass is 724 g/mol. The van der Waals surface area contributed by atoms with E-state index < -0.39 is 0 Å². The molecule has 0 aliphatic carbocycles. The number of rotatable bonds is 6. The van der Waals surface area contributed by atoms with Crippen LogP contribution in [-0.4, -0.2) is 0 Å². The zero-order valence-corrected chi connectivity index (χ0v) is 29.2. The maximum atomic E-state index is 3.69. The van der Waals surface area contributed by atoms with Gasteiger partial charge in [-0.1, -0.05) is 177 Å². The zero-order valence-electron chi connectivity index (χ0n) is 24.6. The van der Waals surface area contributed by atoms with E-state index in [0.717, 1.165) is 8.95 Å². The fourth-order valence-electron chi connectivity index (χ4n) is 6.13. The first-order chi connectivity index (χ1) is 21.7. The Labute approximate surface area is 285 Å². The van der Waals surface area contributed by atoms with Crippen LogP contribution in [0.5, 0.6) is 0 Å². The van der Waals surface area contributed by atoms with Crippen molar-refractivity contribution in [1.29, 1.82) is 0 Å². The SMILES string of the molecule is Brc1ccc(-c2c(-c3ccccc3)c(-c3ccccc3)c(-c3ccc(Br)cc3)c(-c3ccccc3)c2-c2ccccc2)cc1.P. The molecule has 0 bridgehead atoms. The second-order valence-electron chi connectivity index (χ2n) is 10.7. The summed E-state index contributed by atoms with van der Waals surface area (Å²) >= 11 is 7.38. The summed E-state index contributed by atoms with van der Waals surface area (Å²) in [5, 5.41) is 0. The second-order valence-corrected chi connectivity index (χ2v) is 12.6. The minimum atomic E-state index is 0. The van der Waals surface area contributed by atoms with Gasteiger partial charge < -0.3 is 0 Å². The Bertz CT molecular complexity index is 1770. The summed E-state index contributed by atoms with van der Waals surface area (Å²) in [7, 11) is 0. The highest BCUT2D eigenvalue weighted by molar-refractivity contribution is 9.10. The van der Waals surface area contributed by atoms with E-state index in [1.54, 1.807) is 0 Å². The van der Waals surface area contributed by atoms with Gasteiger partial charge in [-0.25, -0.2) is 0 Å². The van der Waals surface area contributed by atoms with Gasteiger partial charge in [0, 0.05) is 8.95 Å². The predicted octanol–water partition coefficient (Wildman–Crippen LogP) is 13.3. The molecule has 0 N–H and O–H groups in total. The average Bonchev–Trinajstić information content (AvgIpc) is 3.09. The second kappa shape index (κ2) is 13.9. The Balaban J connectivity index is 0.00000357. The molecule has 0 fully saturated rings. The third-order valence-corrected chi connectivity index (χ3v) is 9.07. The molecule has 45 heavy (non-hydrogen) atoms. The molecule has 0 saturated heterocycles. The molecule has 0 spiro atoms. The largest absolute Gasteiger partial charge is 0.153 e. The van der Waals surface area contributed by atoms with Crippen molar-refractivity contribution in [3.05, 3.63) is 179 Å². The van der Waals surface area contributed by atoms with Crippen LogP contribution in [0.25, 0.3) is 66.8 Å². The highest BCUT2D eigenvalue weighted by Crippen LogP contribution is 2.55. The van der Waals surface area contributed by atoms with Gasteiger partial charge in [-0.15, -0.1) is 0 Å². The summed E-state index contributed by atoms with van der Waals surface area (Å²) in [6, 6.07) is 61.0. The van der Waals surface area contributed by atoms with E-state index in [2.05, 4.69) is 202 Å². The van der Waals surface area contributed by atoms with Crippen LogP contribution in [0.15, 0.2) is 179 Å². The molecule has 0 saturated carbocycles. The van der Waals surface area contributed by atoms with E-state index in [0.29, 0.717) is 0 Å². The molecule has 0 aliphatic rings. The molecular weight excluding hydrogens is 695 g/mol. The molecule has 1 unspecified atom stereocenters. The first kappa shape index (κ1) is 30.9. The van der Waals surface area contributed by atoms with Crippen molar-refractivity contribution in [1.82, 2.24) is 0 Å². The predicted molar refractivity (Wildman–Crippen MR) is 206 cm³/mol. The Morgan fingerprint density at radius 2 is 0.400 bits per heavy atom. The summed E-state index contributed by atoms with van der Waals surface area (Å²) in [6.07, 6.45) is 0. The summed E-state index contributed by atoms with van der Waals surface area (Å²) in [4.78, 5) is 0. The summed E-state index contributed by atoms with van der Waals surface area (Å²) < 4.78 is 2.11. The molecule has 0 amide bonds. The van der Waals surface area contributed by atoms with Crippen LogP contribution in [0.2, 0.25) is 0 Å². The maximum Gasteiger partial charge on any atom is 0.0175 e.